The molecule has 2 aromatic carbocycles. The van der Waals surface area contributed by atoms with E-state index in [1.54, 1.807) is 0 Å². The molecule has 1 unspecified atom stereocenters. The molecule has 0 aliphatic carbocycles. The van der Waals surface area contributed by atoms with Crippen molar-refractivity contribution in [3.05, 3.63) is 69.7 Å². The first-order valence-electron chi connectivity index (χ1n) is 6.53. The van der Waals surface area contributed by atoms with E-state index in [1.165, 1.54) is 16.7 Å². The van der Waals surface area contributed by atoms with Gasteiger partial charge in [0.25, 0.3) is 0 Å². The van der Waals surface area contributed by atoms with Gasteiger partial charge in [-0.05, 0) is 48.9 Å². The molecule has 100 valence electrons. The van der Waals surface area contributed by atoms with Crippen LogP contribution in [-0.4, -0.2) is 5.88 Å². The Morgan fingerprint density at radius 3 is 2.32 bits per heavy atom. The minimum atomic E-state index is 0.485. The summed E-state index contributed by atoms with van der Waals surface area (Å²) in [5.41, 5.74) is 4.01. The van der Waals surface area contributed by atoms with Gasteiger partial charge < -0.3 is 0 Å². The Bertz CT molecular complexity index is 519. The van der Waals surface area contributed by atoms with E-state index in [-0.39, 0.29) is 0 Å². The summed E-state index contributed by atoms with van der Waals surface area (Å²) >= 11 is 9.64. The van der Waals surface area contributed by atoms with Gasteiger partial charge >= 0.3 is 0 Å². The van der Waals surface area contributed by atoms with E-state index in [9.17, 15) is 0 Å². The molecule has 0 heterocycles. The van der Waals surface area contributed by atoms with Gasteiger partial charge in [-0.25, -0.2) is 0 Å². The molecule has 2 heteroatoms. The molecule has 0 saturated heterocycles. The molecule has 0 bridgehead atoms. The molecule has 2 rings (SSSR count). The predicted octanol–water partition coefficient (Wildman–Crippen LogP) is 5.40. The zero-order chi connectivity index (χ0) is 13.7. The lowest BCUT2D eigenvalue weighted by Gasteiger charge is -2.14. The van der Waals surface area contributed by atoms with E-state index in [0.717, 1.165) is 17.3 Å². The fourth-order valence-corrected chi connectivity index (χ4v) is 2.90. The van der Waals surface area contributed by atoms with Crippen LogP contribution in [0.2, 0.25) is 0 Å². The third kappa shape index (κ3) is 4.67. The van der Waals surface area contributed by atoms with Crippen molar-refractivity contribution < 1.29 is 0 Å². The van der Waals surface area contributed by atoms with Gasteiger partial charge in [-0.3, -0.25) is 0 Å². The Balaban J connectivity index is 2.02. The van der Waals surface area contributed by atoms with E-state index < -0.39 is 0 Å². The summed E-state index contributed by atoms with van der Waals surface area (Å²) in [4.78, 5) is 0. The molecule has 1 atom stereocenters. The molecular formula is C17H18BrCl. The lowest BCUT2D eigenvalue weighted by molar-refractivity contribution is 0.584. The van der Waals surface area contributed by atoms with Crippen LogP contribution in [0.3, 0.4) is 0 Å². The molecule has 19 heavy (non-hydrogen) atoms. The highest BCUT2D eigenvalue weighted by atomic mass is 79.9. The number of alkyl halides is 1. The maximum absolute atomic E-state index is 6.13. The topological polar surface area (TPSA) is 0 Å². The van der Waals surface area contributed by atoms with Crippen molar-refractivity contribution in [2.75, 3.05) is 5.88 Å². The summed E-state index contributed by atoms with van der Waals surface area (Å²) in [6, 6.07) is 17.2. The van der Waals surface area contributed by atoms with Crippen LogP contribution >= 0.6 is 27.5 Å². The molecule has 0 N–H and O–H groups in total. The van der Waals surface area contributed by atoms with E-state index in [2.05, 4.69) is 71.4 Å². The number of benzene rings is 2. The third-order valence-corrected chi connectivity index (χ3v) is 4.21. The van der Waals surface area contributed by atoms with Gasteiger partial charge in [0.1, 0.15) is 0 Å². The van der Waals surface area contributed by atoms with Crippen molar-refractivity contribution in [1.82, 2.24) is 0 Å². The summed E-state index contributed by atoms with van der Waals surface area (Å²) in [6.07, 6.45) is 2.06. The summed E-state index contributed by atoms with van der Waals surface area (Å²) in [5.74, 6) is 1.18. The number of aryl methyl sites for hydroxylation is 1. The molecule has 0 saturated carbocycles. The third-order valence-electron chi connectivity index (χ3n) is 3.28. The molecule has 0 spiro atoms. The second-order valence-electron chi connectivity index (χ2n) is 5.04. The highest BCUT2D eigenvalue weighted by molar-refractivity contribution is 9.10. The molecule has 0 fully saturated rings. The number of halogens is 2. The van der Waals surface area contributed by atoms with Gasteiger partial charge in [-0.1, -0.05) is 57.9 Å². The van der Waals surface area contributed by atoms with E-state index in [0.29, 0.717) is 11.8 Å². The maximum atomic E-state index is 6.13. The highest BCUT2D eigenvalue weighted by Crippen LogP contribution is 2.19. The van der Waals surface area contributed by atoms with E-state index in [1.807, 2.05) is 0 Å². The quantitative estimate of drug-likeness (QED) is 0.641. The van der Waals surface area contributed by atoms with Crippen LogP contribution in [0, 0.1) is 12.8 Å². The molecule has 0 aromatic heterocycles. The first-order valence-corrected chi connectivity index (χ1v) is 7.86. The molecular weight excluding hydrogens is 320 g/mol. The standard InChI is InChI=1S/C17H18BrCl/c1-13-5-7-14(8-6-13)9-16(12-19)10-15-3-2-4-17(18)11-15/h2-8,11,16H,9-10,12H2,1H3. The summed E-state index contributed by atoms with van der Waals surface area (Å²) in [7, 11) is 0. The zero-order valence-electron chi connectivity index (χ0n) is 11.1. The largest absolute Gasteiger partial charge is 0.126 e. The molecule has 0 radical (unpaired) electrons. The number of rotatable bonds is 5. The fourth-order valence-electron chi connectivity index (χ4n) is 2.24. The number of hydrogen-bond acceptors (Lipinski definition) is 0. The van der Waals surface area contributed by atoms with Crippen molar-refractivity contribution >= 4 is 27.5 Å². The average Bonchev–Trinajstić information content (AvgIpc) is 2.40. The summed E-state index contributed by atoms with van der Waals surface area (Å²) in [6.45, 7) is 2.12. The maximum Gasteiger partial charge on any atom is 0.0258 e. The summed E-state index contributed by atoms with van der Waals surface area (Å²) in [5, 5.41) is 0. The van der Waals surface area contributed by atoms with Crippen molar-refractivity contribution in [1.29, 1.82) is 0 Å². The molecule has 0 aliphatic heterocycles. The Labute approximate surface area is 128 Å². The monoisotopic (exact) mass is 336 g/mol. The summed E-state index contributed by atoms with van der Waals surface area (Å²) < 4.78 is 1.13. The lowest BCUT2D eigenvalue weighted by atomic mass is 9.94. The minimum absolute atomic E-state index is 0.485. The van der Waals surface area contributed by atoms with Crippen LogP contribution in [-0.2, 0) is 12.8 Å². The van der Waals surface area contributed by atoms with Crippen LogP contribution < -0.4 is 0 Å². The van der Waals surface area contributed by atoms with Crippen molar-refractivity contribution in [3.63, 3.8) is 0 Å². The van der Waals surface area contributed by atoms with Crippen molar-refractivity contribution in [2.45, 2.75) is 19.8 Å². The molecule has 0 amide bonds. The van der Waals surface area contributed by atoms with Gasteiger partial charge in [-0.15, -0.1) is 11.6 Å². The Morgan fingerprint density at radius 1 is 1.00 bits per heavy atom. The first kappa shape index (κ1) is 14.6. The first-order chi connectivity index (χ1) is 9.17. The predicted molar refractivity (Wildman–Crippen MR) is 86.9 cm³/mol. The van der Waals surface area contributed by atoms with Gasteiger partial charge in [0.05, 0.1) is 0 Å². The van der Waals surface area contributed by atoms with Crippen LogP contribution in [0.1, 0.15) is 16.7 Å². The van der Waals surface area contributed by atoms with E-state index in [4.69, 9.17) is 11.6 Å². The van der Waals surface area contributed by atoms with Crippen LogP contribution in [0.4, 0.5) is 0 Å². The Kier molecular flexibility index (Phi) is 5.47. The zero-order valence-corrected chi connectivity index (χ0v) is 13.4. The van der Waals surface area contributed by atoms with E-state index >= 15 is 0 Å². The van der Waals surface area contributed by atoms with Crippen molar-refractivity contribution in [2.24, 2.45) is 5.92 Å². The Morgan fingerprint density at radius 2 is 1.68 bits per heavy atom. The SMILES string of the molecule is Cc1ccc(CC(CCl)Cc2cccc(Br)c2)cc1. The molecule has 2 aromatic rings. The van der Waals surface area contributed by atoms with Gasteiger partial charge in [0.15, 0.2) is 0 Å². The second kappa shape index (κ2) is 7.12. The number of hydrogen-bond donors (Lipinski definition) is 0. The highest BCUT2D eigenvalue weighted by Gasteiger charge is 2.10. The van der Waals surface area contributed by atoms with Crippen LogP contribution in [0.5, 0.6) is 0 Å². The Hall–Kier alpha value is -0.790. The molecule has 0 aliphatic rings. The average molecular weight is 338 g/mol. The van der Waals surface area contributed by atoms with Gasteiger partial charge in [0, 0.05) is 10.4 Å². The normalized spacial score (nSPS) is 12.4. The second-order valence-corrected chi connectivity index (χ2v) is 6.27. The lowest BCUT2D eigenvalue weighted by Crippen LogP contribution is -2.10. The minimum Gasteiger partial charge on any atom is -0.126 e. The molecule has 0 nitrogen and oxygen atoms in total. The van der Waals surface area contributed by atoms with Gasteiger partial charge in [-0.2, -0.15) is 0 Å². The smallest absolute Gasteiger partial charge is 0.0258 e. The fraction of sp³-hybridized carbons (Fsp3) is 0.294. The van der Waals surface area contributed by atoms with Crippen LogP contribution in [0.25, 0.3) is 0 Å². The van der Waals surface area contributed by atoms with Crippen LogP contribution in [0.15, 0.2) is 53.0 Å². The van der Waals surface area contributed by atoms with Gasteiger partial charge in [0.2, 0.25) is 0 Å². The van der Waals surface area contributed by atoms with Crippen molar-refractivity contribution in [3.8, 4) is 0 Å².